The summed E-state index contributed by atoms with van der Waals surface area (Å²) < 4.78 is 5.89. The Hall–Kier alpha value is -3.74. The van der Waals surface area contributed by atoms with Gasteiger partial charge in [-0.2, -0.15) is 0 Å². The highest BCUT2D eigenvalue weighted by Crippen LogP contribution is 2.21. The number of aromatic nitrogens is 2. The number of likely N-dealkylation sites (N-methyl/N-ethyl adjacent to an activating group) is 1. The molecule has 0 spiro atoms. The van der Waals surface area contributed by atoms with Gasteiger partial charge in [-0.3, -0.25) is 0 Å². The number of benzene rings is 3. The molecular formula is C31H37N5O. The molecule has 0 aliphatic carbocycles. The minimum absolute atomic E-state index is 0.558. The van der Waals surface area contributed by atoms with Crippen LogP contribution in [-0.2, 0) is 6.61 Å². The van der Waals surface area contributed by atoms with E-state index in [4.69, 9.17) is 14.7 Å². The highest BCUT2D eigenvalue weighted by Gasteiger charge is 2.06. The van der Waals surface area contributed by atoms with Crippen LogP contribution in [0, 0.1) is 0 Å². The first-order valence-corrected chi connectivity index (χ1v) is 13.1. The second kappa shape index (κ2) is 14.1. The lowest BCUT2D eigenvalue weighted by molar-refractivity contribution is 0.303. The highest BCUT2D eigenvalue weighted by molar-refractivity contribution is 5.90. The number of ether oxygens (including phenoxy) is 1. The Balaban J connectivity index is 1.35. The topological polar surface area (TPSA) is 62.3 Å². The lowest BCUT2D eigenvalue weighted by atomic mass is 10.2. The van der Waals surface area contributed by atoms with E-state index in [0.717, 1.165) is 72.9 Å². The van der Waals surface area contributed by atoms with Crippen molar-refractivity contribution in [1.29, 1.82) is 0 Å². The Morgan fingerprint density at radius 3 is 2.32 bits per heavy atom. The maximum Gasteiger partial charge on any atom is 0.154 e. The number of para-hydroxylation sites is 1. The average Bonchev–Trinajstić information content (AvgIpc) is 2.95. The average molecular weight is 496 g/mol. The van der Waals surface area contributed by atoms with Crippen LogP contribution in [-0.4, -0.2) is 54.1 Å². The van der Waals surface area contributed by atoms with Crippen LogP contribution in [0.15, 0.2) is 78.9 Å². The van der Waals surface area contributed by atoms with E-state index in [-0.39, 0.29) is 0 Å². The van der Waals surface area contributed by atoms with Gasteiger partial charge in [-0.15, -0.1) is 0 Å². The summed E-state index contributed by atoms with van der Waals surface area (Å²) in [5.41, 5.74) is 3.15. The number of nitrogens with zero attached hydrogens (tertiary/aromatic N) is 3. The van der Waals surface area contributed by atoms with Crippen molar-refractivity contribution in [2.24, 2.45) is 0 Å². The molecule has 192 valence electrons. The van der Waals surface area contributed by atoms with Gasteiger partial charge < -0.3 is 20.3 Å². The molecule has 0 radical (unpaired) electrons. The van der Waals surface area contributed by atoms with Gasteiger partial charge in [0.15, 0.2) is 5.82 Å². The SMILES string of the molecule is CCN(CC)CCNCCNc1nc(/C=C/c2ccc(OCc3ccccc3)cc2)nc2ccccc12. The zero-order valence-corrected chi connectivity index (χ0v) is 21.9. The third-order valence-corrected chi connectivity index (χ3v) is 6.27. The van der Waals surface area contributed by atoms with E-state index < -0.39 is 0 Å². The summed E-state index contributed by atoms with van der Waals surface area (Å²) in [5.74, 6) is 2.39. The lowest BCUT2D eigenvalue weighted by Crippen LogP contribution is -2.33. The predicted molar refractivity (Wildman–Crippen MR) is 155 cm³/mol. The van der Waals surface area contributed by atoms with Gasteiger partial charge in [-0.25, -0.2) is 9.97 Å². The molecule has 4 aromatic rings. The number of nitrogens with one attached hydrogen (secondary N) is 2. The van der Waals surface area contributed by atoms with E-state index in [1.54, 1.807) is 0 Å². The van der Waals surface area contributed by atoms with Crippen molar-refractivity contribution >= 4 is 28.9 Å². The molecule has 37 heavy (non-hydrogen) atoms. The summed E-state index contributed by atoms with van der Waals surface area (Å²) in [6.45, 7) is 10.9. The lowest BCUT2D eigenvalue weighted by Gasteiger charge is -2.18. The van der Waals surface area contributed by atoms with E-state index in [9.17, 15) is 0 Å². The molecule has 0 saturated heterocycles. The largest absolute Gasteiger partial charge is 0.489 e. The fraction of sp³-hybridized carbons (Fsp3) is 0.290. The molecule has 1 heterocycles. The van der Waals surface area contributed by atoms with Gasteiger partial charge >= 0.3 is 0 Å². The maximum atomic E-state index is 5.89. The molecule has 4 rings (SSSR count). The summed E-state index contributed by atoms with van der Waals surface area (Å²) >= 11 is 0. The van der Waals surface area contributed by atoms with Crippen molar-refractivity contribution < 1.29 is 4.74 Å². The minimum Gasteiger partial charge on any atom is -0.489 e. The molecule has 6 nitrogen and oxygen atoms in total. The third-order valence-electron chi connectivity index (χ3n) is 6.27. The van der Waals surface area contributed by atoms with Crippen LogP contribution < -0.4 is 15.4 Å². The van der Waals surface area contributed by atoms with Crippen molar-refractivity contribution in [2.75, 3.05) is 44.6 Å². The van der Waals surface area contributed by atoms with Crippen LogP contribution in [0.5, 0.6) is 5.75 Å². The van der Waals surface area contributed by atoms with E-state index in [2.05, 4.69) is 47.6 Å². The van der Waals surface area contributed by atoms with Gasteiger partial charge in [0.2, 0.25) is 0 Å². The maximum absolute atomic E-state index is 5.89. The van der Waals surface area contributed by atoms with Crippen LogP contribution in [0.25, 0.3) is 23.1 Å². The molecule has 0 unspecified atom stereocenters. The van der Waals surface area contributed by atoms with E-state index in [1.807, 2.05) is 72.8 Å². The number of hydrogen-bond donors (Lipinski definition) is 2. The quantitative estimate of drug-likeness (QED) is 0.218. The Bertz CT molecular complexity index is 1250. The molecule has 0 aliphatic rings. The first kappa shape index (κ1) is 26.3. The normalized spacial score (nSPS) is 11.4. The van der Waals surface area contributed by atoms with Gasteiger partial charge in [-0.1, -0.05) is 74.5 Å². The van der Waals surface area contributed by atoms with Crippen molar-refractivity contribution in [1.82, 2.24) is 20.2 Å². The number of fused-ring (bicyclic) bond motifs is 1. The zero-order valence-electron chi connectivity index (χ0n) is 21.9. The van der Waals surface area contributed by atoms with Gasteiger partial charge in [0.05, 0.1) is 5.52 Å². The molecule has 2 N–H and O–H groups in total. The fourth-order valence-corrected chi connectivity index (χ4v) is 4.06. The van der Waals surface area contributed by atoms with Crippen molar-refractivity contribution in [3.05, 3.63) is 95.8 Å². The molecule has 6 heteroatoms. The Labute approximate surface area is 220 Å². The summed E-state index contributed by atoms with van der Waals surface area (Å²) in [5, 5.41) is 8.04. The molecule has 0 bridgehead atoms. The first-order chi connectivity index (χ1) is 18.2. The van der Waals surface area contributed by atoms with Gasteiger partial charge in [0.1, 0.15) is 18.2 Å². The van der Waals surface area contributed by atoms with Crippen LogP contribution in [0.3, 0.4) is 0 Å². The fourth-order valence-electron chi connectivity index (χ4n) is 4.06. The highest BCUT2D eigenvalue weighted by atomic mass is 16.5. The standard InChI is InChI=1S/C31H37N5O/c1-3-36(4-2)23-22-32-20-21-33-31-28-12-8-9-13-29(28)34-30(35-31)19-16-25-14-17-27(18-15-25)37-24-26-10-6-5-7-11-26/h5-19,32H,3-4,20-24H2,1-2H3,(H,33,34,35)/b19-16+. The van der Waals surface area contributed by atoms with Gasteiger partial charge in [0.25, 0.3) is 0 Å². The van der Waals surface area contributed by atoms with E-state index in [0.29, 0.717) is 12.4 Å². The molecular weight excluding hydrogens is 458 g/mol. The first-order valence-electron chi connectivity index (χ1n) is 13.1. The smallest absolute Gasteiger partial charge is 0.154 e. The van der Waals surface area contributed by atoms with Crippen molar-refractivity contribution in [3.8, 4) is 5.75 Å². The Morgan fingerprint density at radius 1 is 0.784 bits per heavy atom. The summed E-state index contributed by atoms with van der Waals surface area (Å²) in [7, 11) is 0. The molecule has 3 aromatic carbocycles. The van der Waals surface area contributed by atoms with Crippen LogP contribution in [0.2, 0.25) is 0 Å². The Kier molecular flexibility index (Phi) is 10.0. The molecule has 0 amide bonds. The third kappa shape index (κ3) is 8.13. The van der Waals surface area contributed by atoms with Crippen LogP contribution in [0.1, 0.15) is 30.8 Å². The van der Waals surface area contributed by atoms with Gasteiger partial charge in [-0.05, 0) is 54.6 Å². The second-order valence-corrected chi connectivity index (χ2v) is 8.83. The molecule has 0 saturated carbocycles. The van der Waals surface area contributed by atoms with Crippen LogP contribution >= 0.6 is 0 Å². The van der Waals surface area contributed by atoms with Gasteiger partial charge in [0, 0.05) is 31.6 Å². The van der Waals surface area contributed by atoms with Crippen molar-refractivity contribution in [3.63, 3.8) is 0 Å². The Morgan fingerprint density at radius 2 is 1.54 bits per heavy atom. The summed E-state index contributed by atoms with van der Waals surface area (Å²) in [4.78, 5) is 12.0. The van der Waals surface area contributed by atoms with Crippen molar-refractivity contribution in [2.45, 2.75) is 20.5 Å². The summed E-state index contributed by atoms with van der Waals surface area (Å²) in [6, 6.07) is 26.4. The van der Waals surface area contributed by atoms with E-state index in [1.165, 1.54) is 0 Å². The number of hydrogen-bond acceptors (Lipinski definition) is 6. The predicted octanol–water partition coefficient (Wildman–Crippen LogP) is 5.72. The number of rotatable bonds is 14. The van der Waals surface area contributed by atoms with E-state index >= 15 is 0 Å². The molecule has 0 fully saturated rings. The molecule has 0 aliphatic heterocycles. The molecule has 1 aromatic heterocycles. The molecule has 0 atom stereocenters. The number of anilines is 1. The zero-order chi connectivity index (χ0) is 25.7. The minimum atomic E-state index is 0.558. The van der Waals surface area contributed by atoms with Crippen LogP contribution in [0.4, 0.5) is 5.82 Å². The second-order valence-electron chi connectivity index (χ2n) is 8.83. The monoisotopic (exact) mass is 495 g/mol. The summed E-state index contributed by atoms with van der Waals surface area (Å²) in [6.07, 6.45) is 3.99.